The predicted octanol–water partition coefficient (Wildman–Crippen LogP) is 4.01. The summed E-state index contributed by atoms with van der Waals surface area (Å²) >= 11 is 3.51. The van der Waals surface area contributed by atoms with E-state index in [1.54, 1.807) is 6.20 Å². The van der Waals surface area contributed by atoms with Crippen LogP contribution in [0.1, 0.15) is 29.8 Å². The smallest absolute Gasteiger partial charge is 0.130 e. The number of rotatable bonds is 5. The first-order chi connectivity index (χ1) is 9.61. The highest BCUT2D eigenvalue weighted by Gasteiger charge is 2.11. The van der Waals surface area contributed by atoms with E-state index in [1.807, 2.05) is 38.2 Å². The van der Waals surface area contributed by atoms with Gasteiger partial charge in [-0.05, 0) is 50.7 Å². The molecule has 3 nitrogen and oxygen atoms in total. The van der Waals surface area contributed by atoms with Crippen LogP contribution in [0.15, 0.2) is 41.0 Å². The van der Waals surface area contributed by atoms with Gasteiger partial charge in [-0.15, -0.1) is 0 Å². The number of aryl methyl sites for hydroxylation is 1. The molecular weight excluding hydrogens is 316 g/mol. The zero-order chi connectivity index (χ0) is 14.5. The molecule has 0 spiro atoms. The largest absolute Gasteiger partial charge is 0.487 e. The maximum atomic E-state index is 5.96. The Hall–Kier alpha value is -1.39. The van der Waals surface area contributed by atoms with E-state index < -0.39 is 0 Å². The highest BCUT2D eigenvalue weighted by atomic mass is 79.9. The van der Waals surface area contributed by atoms with Crippen molar-refractivity contribution in [3.63, 3.8) is 0 Å². The standard InChI is InChI=1S/C16H19BrN2O/c1-11-5-4-8-19-15(11)10-20-16-7-6-13(17)9-14(16)12(2)18-3/h4-9,12,18H,10H2,1-3H3. The monoisotopic (exact) mass is 334 g/mol. The highest BCUT2D eigenvalue weighted by molar-refractivity contribution is 9.10. The van der Waals surface area contributed by atoms with Crippen LogP contribution in [-0.4, -0.2) is 12.0 Å². The van der Waals surface area contributed by atoms with Crippen molar-refractivity contribution in [3.05, 3.63) is 57.8 Å². The maximum absolute atomic E-state index is 5.96. The fourth-order valence-corrected chi connectivity index (χ4v) is 2.34. The molecule has 106 valence electrons. The van der Waals surface area contributed by atoms with Gasteiger partial charge in [-0.25, -0.2) is 0 Å². The number of nitrogens with one attached hydrogen (secondary N) is 1. The molecule has 1 aromatic carbocycles. The van der Waals surface area contributed by atoms with Gasteiger partial charge in [0.05, 0.1) is 5.69 Å². The van der Waals surface area contributed by atoms with Gasteiger partial charge in [-0.3, -0.25) is 4.98 Å². The van der Waals surface area contributed by atoms with Crippen LogP contribution in [0, 0.1) is 6.92 Å². The fraction of sp³-hybridized carbons (Fsp3) is 0.312. The molecule has 0 radical (unpaired) electrons. The molecule has 4 heteroatoms. The number of halogens is 1. The highest BCUT2D eigenvalue weighted by Crippen LogP contribution is 2.29. The van der Waals surface area contributed by atoms with Crippen LogP contribution < -0.4 is 10.1 Å². The van der Waals surface area contributed by atoms with Gasteiger partial charge in [0.25, 0.3) is 0 Å². The third-order valence-electron chi connectivity index (χ3n) is 3.35. The molecule has 0 bridgehead atoms. The van der Waals surface area contributed by atoms with E-state index in [0.29, 0.717) is 6.61 Å². The van der Waals surface area contributed by atoms with Crippen molar-refractivity contribution < 1.29 is 4.74 Å². The zero-order valence-corrected chi connectivity index (χ0v) is 13.6. The second kappa shape index (κ2) is 6.86. The third-order valence-corrected chi connectivity index (χ3v) is 3.85. The van der Waals surface area contributed by atoms with Crippen LogP contribution in [0.3, 0.4) is 0 Å². The molecule has 20 heavy (non-hydrogen) atoms. The van der Waals surface area contributed by atoms with Gasteiger partial charge in [0.2, 0.25) is 0 Å². The first-order valence-electron chi connectivity index (χ1n) is 6.62. The molecule has 0 amide bonds. The Labute approximate surface area is 128 Å². The molecule has 1 aromatic heterocycles. The number of hydrogen-bond acceptors (Lipinski definition) is 3. The summed E-state index contributed by atoms with van der Waals surface area (Å²) in [7, 11) is 1.94. The molecule has 0 saturated heterocycles. The SMILES string of the molecule is CNC(C)c1cc(Br)ccc1OCc1ncccc1C. The minimum absolute atomic E-state index is 0.229. The van der Waals surface area contributed by atoms with Crippen molar-refractivity contribution in [1.29, 1.82) is 0 Å². The Morgan fingerprint density at radius 1 is 1.35 bits per heavy atom. The first kappa shape index (κ1) is 15.0. The molecule has 0 aliphatic rings. The molecule has 1 N–H and O–H groups in total. The molecule has 0 saturated carbocycles. The summed E-state index contributed by atoms with van der Waals surface area (Å²) in [6.45, 7) is 4.64. The van der Waals surface area contributed by atoms with Crippen LogP contribution >= 0.6 is 15.9 Å². The van der Waals surface area contributed by atoms with Crippen LogP contribution in [0.25, 0.3) is 0 Å². The Morgan fingerprint density at radius 2 is 2.15 bits per heavy atom. The molecule has 0 fully saturated rings. The van der Waals surface area contributed by atoms with Gasteiger partial charge >= 0.3 is 0 Å². The van der Waals surface area contributed by atoms with Gasteiger partial charge in [0.15, 0.2) is 0 Å². The third kappa shape index (κ3) is 3.58. The van der Waals surface area contributed by atoms with Crippen molar-refractivity contribution >= 4 is 15.9 Å². The minimum Gasteiger partial charge on any atom is -0.487 e. The van der Waals surface area contributed by atoms with Crippen molar-refractivity contribution in [2.24, 2.45) is 0 Å². The number of pyridine rings is 1. The Morgan fingerprint density at radius 3 is 2.85 bits per heavy atom. The Kier molecular flexibility index (Phi) is 5.15. The van der Waals surface area contributed by atoms with Gasteiger partial charge in [0, 0.05) is 22.3 Å². The normalized spacial score (nSPS) is 12.2. The zero-order valence-electron chi connectivity index (χ0n) is 12.0. The second-order valence-corrected chi connectivity index (χ2v) is 5.66. The minimum atomic E-state index is 0.229. The summed E-state index contributed by atoms with van der Waals surface area (Å²) in [6, 6.07) is 10.3. The summed E-state index contributed by atoms with van der Waals surface area (Å²) in [5.41, 5.74) is 3.25. The molecule has 2 rings (SSSR count). The van der Waals surface area contributed by atoms with Crippen LogP contribution in [0.4, 0.5) is 0 Å². The van der Waals surface area contributed by atoms with Gasteiger partial charge in [0.1, 0.15) is 12.4 Å². The lowest BCUT2D eigenvalue weighted by atomic mass is 10.1. The van der Waals surface area contributed by atoms with Crippen molar-refractivity contribution in [2.45, 2.75) is 26.5 Å². The number of hydrogen-bond donors (Lipinski definition) is 1. The quantitative estimate of drug-likeness (QED) is 0.896. The Balaban J connectivity index is 2.19. The van der Waals surface area contributed by atoms with Gasteiger partial charge < -0.3 is 10.1 Å². The molecule has 1 atom stereocenters. The predicted molar refractivity (Wildman–Crippen MR) is 84.9 cm³/mol. The molecule has 2 aromatic rings. The van der Waals surface area contributed by atoms with Crippen LogP contribution in [-0.2, 0) is 6.61 Å². The lowest BCUT2D eigenvalue weighted by molar-refractivity contribution is 0.294. The maximum Gasteiger partial charge on any atom is 0.130 e. The van der Waals surface area contributed by atoms with Crippen LogP contribution in [0.2, 0.25) is 0 Å². The summed E-state index contributed by atoms with van der Waals surface area (Å²) in [4.78, 5) is 4.36. The average Bonchev–Trinajstić information content (AvgIpc) is 2.46. The fourth-order valence-electron chi connectivity index (χ4n) is 1.96. The summed E-state index contributed by atoms with van der Waals surface area (Å²) in [6.07, 6.45) is 1.80. The van der Waals surface area contributed by atoms with Crippen molar-refractivity contribution in [2.75, 3.05) is 7.05 Å². The molecule has 1 unspecified atom stereocenters. The van der Waals surface area contributed by atoms with E-state index in [4.69, 9.17) is 4.74 Å². The summed E-state index contributed by atoms with van der Waals surface area (Å²) < 4.78 is 7.01. The van der Waals surface area contributed by atoms with E-state index in [-0.39, 0.29) is 6.04 Å². The molecule has 0 aliphatic carbocycles. The van der Waals surface area contributed by atoms with Gasteiger partial charge in [-0.1, -0.05) is 22.0 Å². The lowest BCUT2D eigenvalue weighted by Gasteiger charge is -2.17. The van der Waals surface area contributed by atoms with E-state index in [2.05, 4.69) is 39.2 Å². The molecule has 0 aliphatic heterocycles. The Bertz CT molecular complexity index is 586. The summed E-state index contributed by atoms with van der Waals surface area (Å²) in [5.74, 6) is 0.889. The molecular formula is C16H19BrN2O. The number of nitrogens with zero attached hydrogens (tertiary/aromatic N) is 1. The topological polar surface area (TPSA) is 34.1 Å². The average molecular weight is 335 g/mol. The van der Waals surface area contributed by atoms with Crippen molar-refractivity contribution in [1.82, 2.24) is 10.3 Å². The van der Waals surface area contributed by atoms with Crippen molar-refractivity contribution in [3.8, 4) is 5.75 Å². The number of benzene rings is 1. The van der Waals surface area contributed by atoms with E-state index in [9.17, 15) is 0 Å². The number of ether oxygens (including phenoxy) is 1. The molecule has 1 heterocycles. The lowest BCUT2D eigenvalue weighted by Crippen LogP contribution is -2.14. The second-order valence-electron chi connectivity index (χ2n) is 4.75. The van der Waals surface area contributed by atoms with E-state index in [0.717, 1.165) is 27.0 Å². The van der Waals surface area contributed by atoms with Crippen LogP contribution in [0.5, 0.6) is 5.75 Å². The van der Waals surface area contributed by atoms with E-state index in [1.165, 1.54) is 0 Å². The van der Waals surface area contributed by atoms with Gasteiger partial charge in [-0.2, -0.15) is 0 Å². The van der Waals surface area contributed by atoms with E-state index >= 15 is 0 Å². The summed E-state index contributed by atoms with van der Waals surface area (Å²) in [5, 5.41) is 3.24. The first-order valence-corrected chi connectivity index (χ1v) is 7.41. The number of aromatic nitrogens is 1.